The zero-order chi connectivity index (χ0) is 14.4. The van der Waals surface area contributed by atoms with E-state index < -0.39 is 5.41 Å². The van der Waals surface area contributed by atoms with E-state index in [1.807, 2.05) is 0 Å². The van der Waals surface area contributed by atoms with Crippen LogP contribution in [0.2, 0.25) is 0 Å². The van der Waals surface area contributed by atoms with Gasteiger partial charge in [0.15, 0.2) is 0 Å². The molecular formula is C16H28N2OS. The molecule has 0 bridgehead atoms. The van der Waals surface area contributed by atoms with Crippen LogP contribution >= 0.6 is 12.2 Å². The van der Waals surface area contributed by atoms with Crippen LogP contribution in [0, 0.1) is 5.41 Å². The van der Waals surface area contributed by atoms with Crippen molar-refractivity contribution in [3.8, 4) is 0 Å². The molecule has 0 radical (unpaired) electrons. The average molecular weight is 296 g/mol. The van der Waals surface area contributed by atoms with E-state index in [4.69, 9.17) is 18.0 Å². The molecule has 3 nitrogen and oxygen atoms in total. The van der Waals surface area contributed by atoms with Crippen LogP contribution < -0.4 is 5.73 Å². The first-order valence-corrected chi connectivity index (χ1v) is 8.67. The maximum atomic E-state index is 13.1. The summed E-state index contributed by atoms with van der Waals surface area (Å²) in [4.78, 5) is 15.6. The number of nitrogens with two attached hydrogens (primary N) is 1. The number of nitrogens with zero attached hydrogens (tertiary/aromatic N) is 1. The lowest BCUT2D eigenvalue weighted by Crippen LogP contribution is -2.51. The number of hydrogen-bond acceptors (Lipinski definition) is 2. The minimum atomic E-state index is -0.537. The van der Waals surface area contributed by atoms with Gasteiger partial charge in [-0.05, 0) is 25.7 Å². The first kappa shape index (κ1) is 15.7. The van der Waals surface area contributed by atoms with E-state index in [1.54, 1.807) is 0 Å². The summed E-state index contributed by atoms with van der Waals surface area (Å²) in [6.07, 6.45) is 12.3. The molecule has 2 fully saturated rings. The van der Waals surface area contributed by atoms with Gasteiger partial charge in [0.25, 0.3) is 0 Å². The highest BCUT2D eigenvalue weighted by atomic mass is 32.1. The van der Waals surface area contributed by atoms with Crippen molar-refractivity contribution >= 4 is 23.1 Å². The Hall–Kier alpha value is -0.640. The Morgan fingerprint density at radius 3 is 1.80 bits per heavy atom. The van der Waals surface area contributed by atoms with Crippen molar-refractivity contribution in [2.24, 2.45) is 11.1 Å². The molecule has 1 heterocycles. The van der Waals surface area contributed by atoms with Crippen LogP contribution in [-0.2, 0) is 4.79 Å². The van der Waals surface area contributed by atoms with Crippen LogP contribution in [-0.4, -0.2) is 28.9 Å². The zero-order valence-corrected chi connectivity index (χ0v) is 13.3. The van der Waals surface area contributed by atoms with Crippen molar-refractivity contribution in [3.05, 3.63) is 0 Å². The first-order chi connectivity index (χ1) is 9.67. The summed E-state index contributed by atoms with van der Waals surface area (Å²) < 4.78 is 0. The van der Waals surface area contributed by atoms with Crippen molar-refractivity contribution in [2.75, 3.05) is 13.1 Å². The summed E-state index contributed by atoms with van der Waals surface area (Å²) in [5.41, 5.74) is 5.50. The number of amides is 1. The van der Waals surface area contributed by atoms with Gasteiger partial charge in [0, 0.05) is 13.1 Å². The van der Waals surface area contributed by atoms with E-state index in [9.17, 15) is 4.79 Å². The van der Waals surface area contributed by atoms with Crippen molar-refractivity contribution in [2.45, 2.75) is 70.6 Å². The number of rotatable bonds is 2. The lowest BCUT2D eigenvalue weighted by atomic mass is 9.78. The molecule has 114 valence electrons. The Bertz CT molecular complexity index is 340. The minimum Gasteiger partial charge on any atom is -0.392 e. The van der Waals surface area contributed by atoms with Crippen molar-refractivity contribution < 1.29 is 4.79 Å². The molecule has 0 atom stereocenters. The quantitative estimate of drug-likeness (QED) is 0.627. The van der Waals surface area contributed by atoms with Gasteiger partial charge in [0.1, 0.15) is 0 Å². The Morgan fingerprint density at radius 1 is 0.850 bits per heavy atom. The molecule has 0 aromatic carbocycles. The Morgan fingerprint density at radius 2 is 1.30 bits per heavy atom. The second-order valence-corrected chi connectivity index (χ2v) is 6.86. The van der Waals surface area contributed by atoms with Gasteiger partial charge in [-0.2, -0.15) is 0 Å². The van der Waals surface area contributed by atoms with Crippen LogP contribution in [0.3, 0.4) is 0 Å². The van der Waals surface area contributed by atoms with Gasteiger partial charge in [0.2, 0.25) is 5.91 Å². The highest BCUT2D eigenvalue weighted by Crippen LogP contribution is 2.37. The molecule has 0 spiro atoms. The first-order valence-electron chi connectivity index (χ1n) is 8.26. The molecule has 20 heavy (non-hydrogen) atoms. The molecule has 0 unspecified atom stereocenters. The molecule has 1 aliphatic carbocycles. The number of carbonyl (C=O) groups excluding carboxylic acids is 1. The van der Waals surface area contributed by atoms with Gasteiger partial charge < -0.3 is 10.6 Å². The van der Waals surface area contributed by atoms with Crippen molar-refractivity contribution in [1.29, 1.82) is 0 Å². The summed E-state index contributed by atoms with van der Waals surface area (Å²) in [6, 6.07) is 0. The van der Waals surface area contributed by atoms with Crippen molar-refractivity contribution in [1.82, 2.24) is 4.90 Å². The maximum absolute atomic E-state index is 13.1. The van der Waals surface area contributed by atoms with E-state index in [1.165, 1.54) is 32.1 Å². The van der Waals surface area contributed by atoms with Gasteiger partial charge in [-0.3, -0.25) is 4.79 Å². The molecule has 1 saturated carbocycles. The van der Waals surface area contributed by atoms with E-state index in [2.05, 4.69) is 4.90 Å². The normalized spacial score (nSPS) is 24.3. The predicted octanol–water partition coefficient (Wildman–Crippen LogP) is 3.41. The van der Waals surface area contributed by atoms with Gasteiger partial charge in [0.05, 0.1) is 10.4 Å². The number of likely N-dealkylation sites (tertiary alicyclic amines) is 1. The smallest absolute Gasteiger partial charge is 0.235 e. The summed E-state index contributed by atoms with van der Waals surface area (Å²) in [5.74, 6) is 0.230. The average Bonchev–Trinajstić information content (AvgIpc) is 2.64. The highest BCUT2D eigenvalue weighted by molar-refractivity contribution is 7.80. The van der Waals surface area contributed by atoms with Crippen LogP contribution in [0.4, 0.5) is 0 Å². The predicted molar refractivity (Wildman–Crippen MR) is 86.6 cm³/mol. The standard InChI is InChI=1S/C16H28N2OS/c17-14(20)16(10-6-2-3-7-11-16)15(19)18-12-8-4-1-5-9-13-18/h1-13H2,(H2,17,20). The molecule has 0 aromatic rings. The van der Waals surface area contributed by atoms with Crippen LogP contribution in [0.25, 0.3) is 0 Å². The third-order valence-electron chi connectivity index (χ3n) is 4.98. The summed E-state index contributed by atoms with van der Waals surface area (Å²) in [7, 11) is 0. The number of hydrogen-bond donors (Lipinski definition) is 1. The van der Waals surface area contributed by atoms with Crippen LogP contribution in [0.1, 0.15) is 70.6 Å². The van der Waals surface area contributed by atoms with E-state index in [0.29, 0.717) is 4.99 Å². The third-order valence-corrected chi connectivity index (χ3v) is 5.37. The van der Waals surface area contributed by atoms with Gasteiger partial charge in [-0.15, -0.1) is 0 Å². The fraction of sp³-hybridized carbons (Fsp3) is 0.875. The summed E-state index contributed by atoms with van der Waals surface area (Å²) in [6.45, 7) is 1.78. The molecule has 1 aliphatic heterocycles. The third kappa shape index (κ3) is 3.51. The molecule has 2 aliphatic rings. The maximum Gasteiger partial charge on any atom is 0.235 e. The second-order valence-electron chi connectivity index (χ2n) is 6.42. The fourth-order valence-electron chi connectivity index (χ4n) is 3.65. The molecule has 1 amide bonds. The summed E-state index contributed by atoms with van der Waals surface area (Å²) >= 11 is 5.32. The lowest BCUT2D eigenvalue weighted by molar-refractivity contribution is -0.139. The number of thiocarbonyl (C=S) groups is 1. The molecule has 2 rings (SSSR count). The molecule has 4 heteroatoms. The topological polar surface area (TPSA) is 46.3 Å². The van der Waals surface area contributed by atoms with E-state index in [0.717, 1.165) is 51.6 Å². The van der Waals surface area contributed by atoms with Crippen LogP contribution in [0.15, 0.2) is 0 Å². The fourth-order valence-corrected chi connectivity index (χ4v) is 3.94. The van der Waals surface area contributed by atoms with Crippen molar-refractivity contribution in [3.63, 3.8) is 0 Å². The molecule has 1 saturated heterocycles. The van der Waals surface area contributed by atoms with Gasteiger partial charge >= 0.3 is 0 Å². The zero-order valence-electron chi connectivity index (χ0n) is 12.5. The number of carbonyl (C=O) groups is 1. The second kappa shape index (κ2) is 7.39. The summed E-state index contributed by atoms with van der Waals surface area (Å²) in [5, 5.41) is 0. The lowest BCUT2D eigenvalue weighted by Gasteiger charge is -2.37. The van der Waals surface area contributed by atoms with Gasteiger partial charge in [-0.25, -0.2) is 0 Å². The van der Waals surface area contributed by atoms with Gasteiger partial charge in [-0.1, -0.05) is 57.2 Å². The Balaban J connectivity index is 2.14. The van der Waals surface area contributed by atoms with E-state index in [-0.39, 0.29) is 5.91 Å². The molecule has 0 aromatic heterocycles. The van der Waals surface area contributed by atoms with E-state index >= 15 is 0 Å². The van der Waals surface area contributed by atoms with Crippen LogP contribution in [0.5, 0.6) is 0 Å². The minimum absolute atomic E-state index is 0.230. The Kier molecular flexibility index (Phi) is 5.82. The molecule has 2 N–H and O–H groups in total. The molecular weight excluding hydrogens is 268 g/mol. The SMILES string of the molecule is NC(=S)C1(C(=O)N2CCCCCCC2)CCCCCC1. The highest BCUT2D eigenvalue weighted by Gasteiger charge is 2.43. The largest absolute Gasteiger partial charge is 0.392 e. The Labute approximate surface area is 128 Å². The monoisotopic (exact) mass is 296 g/mol.